The fourth-order valence-electron chi connectivity index (χ4n) is 2.49. The van der Waals surface area contributed by atoms with E-state index < -0.39 is 0 Å². The maximum absolute atomic E-state index is 3.57. The Morgan fingerprint density at radius 2 is 2.19 bits per heavy atom. The van der Waals surface area contributed by atoms with Crippen LogP contribution in [-0.2, 0) is 0 Å². The first-order chi connectivity index (χ1) is 7.81. The summed E-state index contributed by atoms with van der Waals surface area (Å²) in [5.41, 5.74) is 2.76. The van der Waals surface area contributed by atoms with Crippen LogP contribution in [0.25, 0.3) is 0 Å². The molecule has 16 heavy (non-hydrogen) atoms. The maximum Gasteiger partial charge on any atom is 0.0396 e. The van der Waals surface area contributed by atoms with Gasteiger partial charge in [0.2, 0.25) is 0 Å². The van der Waals surface area contributed by atoms with E-state index in [0.29, 0.717) is 6.04 Å². The third-order valence-corrected chi connectivity index (χ3v) is 3.44. The zero-order valence-electron chi connectivity index (χ0n) is 10.4. The highest BCUT2D eigenvalue weighted by atomic mass is 15.2. The molecule has 1 aromatic carbocycles. The number of nitrogens with zero attached hydrogens (tertiary/aromatic N) is 1. The number of hydrogen-bond acceptors (Lipinski definition) is 2. The third-order valence-electron chi connectivity index (χ3n) is 3.44. The molecule has 0 aromatic heterocycles. The Labute approximate surface area is 98.7 Å². The van der Waals surface area contributed by atoms with E-state index in [9.17, 15) is 0 Å². The van der Waals surface area contributed by atoms with E-state index in [1.807, 2.05) is 0 Å². The van der Waals surface area contributed by atoms with Gasteiger partial charge in [-0.15, -0.1) is 0 Å². The minimum absolute atomic E-state index is 0.680. The summed E-state index contributed by atoms with van der Waals surface area (Å²) in [6.07, 6.45) is 2.65. The summed E-state index contributed by atoms with van der Waals surface area (Å²) in [6, 6.07) is 9.35. The van der Waals surface area contributed by atoms with Gasteiger partial charge in [0.05, 0.1) is 0 Å². The quantitative estimate of drug-likeness (QED) is 0.835. The van der Waals surface area contributed by atoms with Crippen molar-refractivity contribution < 1.29 is 0 Å². The second-order valence-electron chi connectivity index (χ2n) is 4.62. The molecule has 1 heterocycles. The zero-order chi connectivity index (χ0) is 11.4. The molecule has 1 atom stereocenters. The molecule has 1 N–H and O–H groups in total. The molecular weight excluding hydrogens is 196 g/mol. The van der Waals surface area contributed by atoms with Gasteiger partial charge in [-0.2, -0.15) is 0 Å². The van der Waals surface area contributed by atoms with Gasteiger partial charge in [-0.05, 0) is 44.9 Å². The molecule has 0 amide bonds. The number of benzene rings is 1. The lowest BCUT2D eigenvalue weighted by atomic mass is 10.1. The first-order valence-corrected chi connectivity index (χ1v) is 6.35. The SMILES string of the molecule is CCN(CC1CCCN1)c1ccccc1C. The fourth-order valence-corrected chi connectivity index (χ4v) is 2.49. The summed E-state index contributed by atoms with van der Waals surface area (Å²) in [5.74, 6) is 0. The predicted molar refractivity (Wildman–Crippen MR) is 70.1 cm³/mol. The summed E-state index contributed by atoms with van der Waals surface area (Å²) < 4.78 is 0. The normalized spacial score (nSPS) is 20.0. The maximum atomic E-state index is 3.57. The van der Waals surface area contributed by atoms with Crippen LogP contribution in [0.4, 0.5) is 5.69 Å². The second-order valence-corrected chi connectivity index (χ2v) is 4.62. The molecule has 1 aromatic rings. The van der Waals surface area contributed by atoms with Crippen molar-refractivity contribution in [3.05, 3.63) is 29.8 Å². The van der Waals surface area contributed by atoms with Crippen molar-refractivity contribution in [1.29, 1.82) is 0 Å². The van der Waals surface area contributed by atoms with Gasteiger partial charge in [0.15, 0.2) is 0 Å². The smallest absolute Gasteiger partial charge is 0.0396 e. The summed E-state index contributed by atoms with van der Waals surface area (Å²) in [6.45, 7) is 7.85. The molecule has 0 aliphatic carbocycles. The highest BCUT2D eigenvalue weighted by Crippen LogP contribution is 2.20. The first-order valence-electron chi connectivity index (χ1n) is 6.35. The lowest BCUT2D eigenvalue weighted by Gasteiger charge is -2.28. The Balaban J connectivity index is 2.06. The van der Waals surface area contributed by atoms with Gasteiger partial charge in [0.1, 0.15) is 0 Å². The Hall–Kier alpha value is -1.02. The van der Waals surface area contributed by atoms with Gasteiger partial charge in [-0.1, -0.05) is 18.2 Å². The van der Waals surface area contributed by atoms with Crippen LogP contribution in [-0.4, -0.2) is 25.7 Å². The third kappa shape index (κ3) is 2.56. The lowest BCUT2D eigenvalue weighted by molar-refractivity contribution is 0.586. The summed E-state index contributed by atoms with van der Waals surface area (Å²) >= 11 is 0. The molecule has 1 saturated heterocycles. The number of rotatable bonds is 4. The van der Waals surface area contributed by atoms with Crippen LogP contribution >= 0.6 is 0 Å². The second kappa shape index (κ2) is 5.35. The Bertz CT molecular complexity index is 329. The Kier molecular flexibility index (Phi) is 3.83. The van der Waals surface area contributed by atoms with Crippen LogP contribution in [0, 0.1) is 6.92 Å². The Morgan fingerprint density at radius 1 is 1.38 bits per heavy atom. The van der Waals surface area contributed by atoms with Crippen molar-refractivity contribution in [1.82, 2.24) is 5.32 Å². The van der Waals surface area contributed by atoms with Crippen molar-refractivity contribution in [3.63, 3.8) is 0 Å². The molecule has 2 rings (SSSR count). The van der Waals surface area contributed by atoms with E-state index in [0.717, 1.165) is 13.1 Å². The van der Waals surface area contributed by atoms with Crippen molar-refractivity contribution in [2.24, 2.45) is 0 Å². The van der Waals surface area contributed by atoms with Crippen LogP contribution < -0.4 is 10.2 Å². The fraction of sp³-hybridized carbons (Fsp3) is 0.571. The van der Waals surface area contributed by atoms with Crippen LogP contribution in [0.5, 0.6) is 0 Å². The van der Waals surface area contributed by atoms with Crippen molar-refractivity contribution in [2.75, 3.05) is 24.5 Å². The van der Waals surface area contributed by atoms with Crippen molar-refractivity contribution in [2.45, 2.75) is 32.7 Å². The van der Waals surface area contributed by atoms with E-state index in [4.69, 9.17) is 0 Å². The van der Waals surface area contributed by atoms with E-state index >= 15 is 0 Å². The standard InChI is InChI=1S/C14H22N2/c1-3-16(11-13-8-6-10-15-13)14-9-5-4-7-12(14)2/h4-5,7,9,13,15H,3,6,8,10-11H2,1-2H3. The van der Waals surface area contributed by atoms with Crippen LogP contribution in [0.1, 0.15) is 25.3 Å². The highest BCUT2D eigenvalue weighted by Gasteiger charge is 2.17. The van der Waals surface area contributed by atoms with Gasteiger partial charge in [0, 0.05) is 24.8 Å². The molecule has 88 valence electrons. The zero-order valence-corrected chi connectivity index (χ0v) is 10.4. The molecule has 1 unspecified atom stereocenters. The summed E-state index contributed by atoms with van der Waals surface area (Å²) in [5, 5.41) is 3.57. The van der Waals surface area contributed by atoms with E-state index in [1.54, 1.807) is 0 Å². The molecule has 0 saturated carbocycles. The minimum Gasteiger partial charge on any atom is -0.370 e. The van der Waals surface area contributed by atoms with E-state index in [1.165, 1.54) is 30.6 Å². The number of hydrogen-bond donors (Lipinski definition) is 1. The number of aryl methyl sites for hydroxylation is 1. The molecule has 1 fully saturated rings. The molecule has 1 aliphatic rings. The molecule has 2 nitrogen and oxygen atoms in total. The van der Waals surface area contributed by atoms with Crippen LogP contribution in [0.15, 0.2) is 24.3 Å². The van der Waals surface area contributed by atoms with Crippen molar-refractivity contribution >= 4 is 5.69 Å². The van der Waals surface area contributed by atoms with Gasteiger partial charge in [-0.3, -0.25) is 0 Å². The molecule has 0 radical (unpaired) electrons. The lowest BCUT2D eigenvalue weighted by Crippen LogP contribution is -2.37. The number of nitrogens with one attached hydrogen (secondary N) is 1. The van der Waals surface area contributed by atoms with E-state index in [-0.39, 0.29) is 0 Å². The average molecular weight is 218 g/mol. The van der Waals surface area contributed by atoms with Crippen LogP contribution in [0.2, 0.25) is 0 Å². The average Bonchev–Trinajstić information content (AvgIpc) is 2.80. The van der Waals surface area contributed by atoms with Gasteiger partial charge in [0.25, 0.3) is 0 Å². The largest absolute Gasteiger partial charge is 0.370 e. The Morgan fingerprint density at radius 3 is 2.81 bits per heavy atom. The molecular formula is C14H22N2. The predicted octanol–water partition coefficient (Wildman–Crippen LogP) is 2.57. The van der Waals surface area contributed by atoms with Gasteiger partial charge in [-0.25, -0.2) is 0 Å². The number of para-hydroxylation sites is 1. The van der Waals surface area contributed by atoms with E-state index in [2.05, 4.69) is 48.3 Å². The number of anilines is 1. The molecule has 2 heteroatoms. The van der Waals surface area contributed by atoms with Crippen LogP contribution in [0.3, 0.4) is 0 Å². The molecule has 1 aliphatic heterocycles. The highest BCUT2D eigenvalue weighted by molar-refractivity contribution is 5.53. The van der Waals surface area contributed by atoms with Gasteiger partial charge < -0.3 is 10.2 Å². The molecule has 0 spiro atoms. The minimum atomic E-state index is 0.680. The topological polar surface area (TPSA) is 15.3 Å². The van der Waals surface area contributed by atoms with Gasteiger partial charge >= 0.3 is 0 Å². The number of likely N-dealkylation sites (N-methyl/N-ethyl adjacent to an activating group) is 1. The summed E-state index contributed by atoms with van der Waals surface area (Å²) in [7, 11) is 0. The first kappa shape index (κ1) is 11.5. The monoisotopic (exact) mass is 218 g/mol. The molecule has 0 bridgehead atoms. The summed E-state index contributed by atoms with van der Waals surface area (Å²) in [4.78, 5) is 2.48. The van der Waals surface area contributed by atoms with Crippen molar-refractivity contribution in [3.8, 4) is 0 Å².